The highest BCUT2D eigenvalue weighted by molar-refractivity contribution is 7.17. The van der Waals surface area contributed by atoms with Crippen LogP contribution < -0.4 is 5.56 Å². The van der Waals surface area contributed by atoms with Gasteiger partial charge in [-0.2, -0.15) is 0 Å². The molecule has 0 unspecified atom stereocenters. The highest BCUT2D eigenvalue weighted by Gasteiger charge is 2.13. The highest BCUT2D eigenvalue weighted by atomic mass is 35.5. The Bertz CT molecular complexity index is 903. The van der Waals surface area contributed by atoms with Crippen molar-refractivity contribution in [3.05, 3.63) is 67.0 Å². The van der Waals surface area contributed by atoms with E-state index in [1.807, 2.05) is 0 Å². The number of halogens is 1. The van der Waals surface area contributed by atoms with Gasteiger partial charge in [0.15, 0.2) is 0 Å². The standard InChI is InChI=1S/C13H8ClN3O3S/c14-9-2-1-8(5-11(9)17(19)20)6-16-7-15-10-3-4-21-12(10)13(16)18/h1-5,7H,6H2. The molecule has 0 atom stereocenters. The molecule has 8 heteroatoms. The fourth-order valence-electron chi connectivity index (χ4n) is 1.98. The van der Waals surface area contributed by atoms with Crippen molar-refractivity contribution < 1.29 is 4.92 Å². The first kappa shape index (κ1) is 13.7. The minimum Gasteiger partial charge on any atom is -0.294 e. The number of thiophene rings is 1. The van der Waals surface area contributed by atoms with Crippen molar-refractivity contribution in [2.45, 2.75) is 6.54 Å². The molecule has 21 heavy (non-hydrogen) atoms. The third-order valence-corrected chi connectivity index (χ3v) is 4.21. The lowest BCUT2D eigenvalue weighted by Crippen LogP contribution is -2.20. The molecule has 0 saturated carbocycles. The molecule has 0 N–H and O–H groups in total. The summed E-state index contributed by atoms with van der Waals surface area (Å²) in [4.78, 5) is 26.8. The van der Waals surface area contributed by atoms with Crippen LogP contribution in [0, 0.1) is 10.1 Å². The molecule has 0 aliphatic rings. The van der Waals surface area contributed by atoms with Gasteiger partial charge >= 0.3 is 0 Å². The Morgan fingerprint density at radius 1 is 1.38 bits per heavy atom. The van der Waals surface area contributed by atoms with Crippen LogP contribution in [0.25, 0.3) is 10.2 Å². The molecule has 2 heterocycles. The first-order valence-electron chi connectivity index (χ1n) is 5.92. The smallest absolute Gasteiger partial charge is 0.288 e. The first-order valence-corrected chi connectivity index (χ1v) is 7.17. The van der Waals surface area contributed by atoms with E-state index in [-0.39, 0.29) is 22.8 Å². The van der Waals surface area contributed by atoms with E-state index in [9.17, 15) is 14.9 Å². The maximum atomic E-state index is 12.3. The van der Waals surface area contributed by atoms with Crippen LogP contribution in [0.1, 0.15) is 5.56 Å². The van der Waals surface area contributed by atoms with Crippen LogP contribution in [-0.2, 0) is 6.54 Å². The molecule has 0 spiro atoms. The summed E-state index contributed by atoms with van der Waals surface area (Å²) < 4.78 is 1.99. The second-order valence-corrected chi connectivity index (χ2v) is 5.68. The van der Waals surface area contributed by atoms with Crippen molar-refractivity contribution in [1.29, 1.82) is 0 Å². The third kappa shape index (κ3) is 2.53. The van der Waals surface area contributed by atoms with E-state index in [1.54, 1.807) is 17.5 Å². The molecular formula is C13H8ClN3O3S. The minimum absolute atomic E-state index is 0.0722. The van der Waals surface area contributed by atoms with E-state index in [2.05, 4.69) is 4.98 Å². The zero-order chi connectivity index (χ0) is 15.0. The number of rotatable bonds is 3. The molecule has 3 aromatic rings. The number of nitro groups is 1. The highest BCUT2D eigenvalue weighted by Crippen LogP contribution is 2.25. The van der Waals surface area contributed by atoms with Crippen LogP contribution in [0.4, 0.5) is 5.69 Å². The molecule has 0 aliphatic carbocycles. The molecule has 0 saturated heterocycles. The zero-order valence-electron chi connectivity index (χ0n) is 10.5. The SMILES string of the molecule is O=c1c2sccc2ncn1Cc1ccc(Cl)c([N+](=O)[O-])c1. The summed E-state index contributed by atoms with van der Waals surface area (Å²) in [6.45, 7) is 0.206. The normalized spacial score (nSPS) is 10.9. The minimum atomic E-state index is -0.546. The Balaban J connectivity index is 2.02. The number of nitro benzene ring substituents is 1. The summed E-state index contributed by atoms with van der Waals surface area (Å²) >= 11 is 7.09. The third-order valence-electron chi connectivity index (χ3n) is 3.00. The molecular weight excluding hydrogens is 314 g/mol. The Morgan fingerprint density at radius 3 is 2.95 bits per heavy atom. The maximum Gasteiger partial charge on any atom is 0.288 e. The predicted molar refractivity (Wildman–Crippen MR) is 81.1 cm³/mol. The first-order chi connectivity index (χ1) is 10.1. The zero-order valence-corrected chi connectivity index (χ0v) is 12.1. The van der Waals surface area contributed by atoms with Crippen molar-refractivity contribution in [2.24, 2.45) is 0 Å². The van der Waals surface area contributed by atoms with Gasteiger partial charge in [0.05, 0.1) is 23.3 Å². The van der Waals surface area contributed by atoms with Gasteiger partial charge in [0.2, 0.25) is 0 Å². The molecule has 106 valence electrons. The molecule has 0 radical (unpaired) electrons. The lowest BCUT2D eigenvalue weighted by Gasteiger charge is -2.06. The summed E-state index contributed by atoms with van der Waals surface area (Å²) in [5.74, 6) is 0. The molecule has 0 amide bonds. The van der Waals surface area contributed by atoms with Gasteiger partial charge in [-0.3, -0.25) is 19.5 Å². The average molecular weight is 322 g/mol. The van der Waals surface area contributed by atoms with Gasteiger partial charge in [-0.15, -0.1) is 11.3 Å². The number of aromatic nitrogens is 2. The number of benzene rings is 1. The monoisotopic (exact) mass is 321 g/mol. The number of hydrogen-bond donors (Lipinski definition) is 0. The van der Waals surface area contributed by atoms with Gasteiger partial charge in [-0.1, -0.05) is 17.7 Å². The summed E-state index contributed by atoms with van der Waals surface area (Å²) in [6.07, 6.45) is 1.44. The lowest BCUT2D eigenvalue weighted by atomic mass is 10.2. The predicted octanol–water partition coefficient (Wildman–Crippen LogP) is 3.07. The number of hydrogen-bond acceptors (Lipinski definition) is 5. The van der Waals surface area contributed by atoms with Crippen LogP contribution in [0.5, 0.6) is 0 Å². The Labute approximate surface area is 127 Å². The average Bonchev–Trinajstić information content (AvgIpc) is 2.93. The van der Waals surface area contributed by atoms with Gasteiger partial charge in [0, 0.05) is 6.07 Å². The van der Waals surface area contributed by atoms with Gasteiger partial charge in [-0.05, 0) is 23.1 Å². The van der Waals surface area contributed by atoms with Gasteiger partial charge in [0.1, 0.15) is 9.72 Å². The van der Waals surface area contributed by atoms with Crippen molar-refractivity contribution in [1.82, 2.24) is 9.55 Å². The van der Waals surface area contributed by atoms with E-state index >= 15 is 0 Å². The molecule has 3 rings (SSSR count). The lowest BCUT2D eigenvalue weighted by molar-refractivity contribution is -0.384. The largest absolute Gasteiger partial charge is 0.294 e. The summed E-state index contributed by atoms with van der Waals surface area (Å²) in [5, 5.41) is 12.7. The van der Waals surface area contributed by atoms with Crippen molar-refractivity contribution in [3.63, 3.8) is 0 Å². The Morgan fingerprint density at radius 2 is 2.19 bits per heavy atom. The topological polar surface area (TPSA) is 78.0 Å². The molecule has 1 aromatic carbocycles. The van der Waals surface area contributed by atoms with E-state index in [0.29, 0.717) is 15.8 Å². The molecule has 0 aliphatic heterocycles. The second kappa shape index (κ2) is 5.27. The number of fused-ring (bicyclic) bond motifs is 1. The Kier molecular flexibility index (Phi) is 3.44. The molecule has 6 nitrogen and oxygen atoms in total. The summed E-state index contributed by atoms with van der Waals surface area (Å²) in [5.41, 5.74) is 0.939. The summed E-state index contributed by atoms with van der Waals surface area (Å²) in [7, 11) is 0. The molecule has 0 bridgehead atoms. The molecule has 0 fully saturated rings. The van der Waals surface area contributed by atoms with Crippen LogP contribution in [0.2, 0.25) is 5.02 Å². The van der Waals surface area contributed by atoms with Crippen LogP contribution >= 0.6 is 22.9 Å². The van der Waals surface area contributed by atoms with Gasteiger partial charge in [0.25, 0.3) is 11.2 Å². The van der Waals surface area contributed by atoms with Crippen molar-refractivity contribution >= 4 is 38.8 Å². The fraction of sp³-hybridized carbons (Fsp3) is 0.0769. The van der Waals surface area contributed by atoms with Crippen molar-refractivity contribution in [3.8, 4) is 0 Å². The van der Waals surface area contributed by atoms with E-state index in [1.165, 1.54) is 34.4 Å². The van der Waals surface area contributed by atoms with Crippen molar-refractivity contribution in [2.75, 3.05) is 0 Å². The second-order valence-electron chi connectivity index (χ2n) is 4.36. The number of nitrogens with zero attached hydrogens (tertiary/aromatic N) is 3. The Hall–Kier alpha value is -2.25. The van der Waals surface area contributed by atoms with Crippen LogP contribution in [-0.4, -0.2) is 14.5 Å². The van der Waals surface area contributed by atoms with Crippen LogP contribution in [0.3, 0.4) is 0 Å². The van der Waals surface area contributed by atoms with E-state index < -0.39 is 4.92 Å². The fourth-order valence-corrected chi connectivity index (χ4v) is 2.96. The van der Waals surface area contributed by atoms with Gasteiger partial charge in [-0.25, -0.2) is 4.98 Å². The van der Waals surface area contributed by atoms with Crippen LogP contribution in [0.15, 0.2) is 40.8 Å². The van der Waals surface area contributed by atoms with E-state index in [0.717, 1.165) is 0 Å². The van der Waals surface area contributed by atoms with Gasteiger partial charge < -0.3 is 0 Å². The van der Waals surface area contributed by atoms with E-state index in [4.69, 9.17) is 11.6 Å². The summed E-state index contributed by atoms with van der Waals surface area (Å²) in [6, 6.07) is 6.25. The quantitative estimate of drug-likeness (QED) is 0.548. The molecule has 2 aromatic heterocycles. The maximum absolute atomic E-state index is 12.3.